The predicted molar refractivity (Wildman–Crippen MR) is 82.3 cm³/mol. The monoisotopic (exact) mass is 312 g/mol. The van der Waals surface area contributed by atoms with E-state index in [1.165, 1.54) is 0 Å². The Labute approximate surface area is 129 Å². The van der Waals surface area contributed by atoms with Gasteiger partial charge >= 0.3 is 0 Å². The van der Waals surface area contributed by atoms with Crippen molar-refractivity contribution in [2.75, 3.05) is 6.61 Å². The molecule has 0 aliphatic heterocycles. The van der Waals surface area contributed by atoms with Gasteiger partial charge < -0.3 is 9.30 Å². The van der Waals surface area contributed by atoms with E-state index in [-0.39, 0.29) is 6.10 Å². The summed E-state index contributed by atoms with van der Waals surface area (Å²) in [5, 5.41) is 1.27. The van der Waals surface area contributed by atoms with Gasteiger partial charge in [0.05, 0.1) is 12.9 Å². The minimum atomic E-state index is -0.0967. The van der Waals surface area contributed by atoms with Crippen molar-refractivity contribution in [2.24, 2.45) is 0 Å². The first-order valence-corrected chi connectivity index (χ1v) is 7.48. The maximum Gasteiger partial charge on any atom is 0.102 e. The van der Waals surface area contributed by atoms with Gasteiger partial charge in [-0.2, -0.15) is 0 Å². The van der Waals surface area contributed by atoms with Gasteiger partial charge in [0.25, 0.3) is 0 Å². The number of aromatic nitrogens is 2. The van der Waals surface area contributed by atoms with Crippen LogP contribution in [0.25, 0.3) is 0 Å². The average Bonchev–Trinajstić information content (AvgIpc) is 2.91. The van der Waals surface area contributed by atoms with E-state index in [9.17, 15) is 0 Å². The van der Waals surface area contributed by atoms with E-state index in [0.29, 0.717) is 16.6 Å². The minimum absolute atomic E-state index is 0.0967. The summed E-state index contributed by atoms with van der Waals surface area (Å²) < 4.78 is 7.97. The Morgan fingerprint density at radius 3 is 2.85 bits per heavy atom. The van der Waals surface area contributed by atoms with Gasteiger partial charge in [-0.25, -0.2) is 4.98 Å². The van der Waals surface area contributed by atoms with Gasteiger partial charge in [-0.1, -0.05) is 42.6 Å². The van der Waals surface area contributed by atoms with Crippen LogP contribution in [-0.2, 0) is 11.3 Å². The molecule has 1 heterocycles. The summed E-state index contributed by atoms with van der Waals surface area (Å²) in [6.45, 7) is 3.55. The predicted octanol–water partition coefficient (Wildman–Crippen LogP) is 4.75. The fourth-order valence-electron chi connectivity index (χ4n) is 1.96. The first-order chi connectivity index (χ1) is 9.70. The zero-order valence-electron chi connectivity index (χ0n) is 11.4. The molecular formula is C15H18Cl2N2O. The molecule has 2 rings (SSSR count). The maximum absolute atomic E-state index is 6.29. The molecule has 0 saturated carbocycles. The van der Waals surface area contributed by atoms with Crippen molar-refractivity contribution < 1.29 is 4.74 Å². The van der Waals surface area contributed by atoms with E-state index in [1.807, 2.05) is 22.9 Å². The Balaban J connectivity index is 2.15. The van der Waals surface area contributed by atoms with E-state index >= 15 is 0 Å². The molecule has 3 nitrogen and oxygen atoms in total. The van der Waals surface area contributed by atoms with Crippen LogP contribution in [-0.4, -0.2) is 16.2 Å². The van der Waals surface area contributed by atoms with E-state index < -0.39 is 0 Å². The maximum atomic E-state index is 6.29. The Kier molecular flexibility index (Phi) is 5.89. The molecule has 0 amide bonds. The number of hydrogen-bond donors (Lipinski definition) is 0. The molecular weight excluding hydrogens is 295 g/mol. The number of unbranched alkanes of at least 4 members (excludes halogenated alkanes) is 1. The molecule has 20 heavy (non-hydrogen) atoms. The Hall–Kier alpha value is -1.03. The van der Waals surface area contributed by atoms with Crippen molar-refractivity contribution in [1.82, 2.24) is 9.55 Å². The number of nitrogens with zero attached hydrogens (tertiary/aromatic N) is 2. The highest BCUT2D eigenvalue weighted by atomic mass is 35.5. The van der Waals surface area contributed by atoms with Crippen molar-refractivity contribution in [1.29, 1.82) is 0 Å². The smallest absolute Gasteiger partial charge is 0.102 e. The molecule has 2 aromatic rings. The number of imidazole rings is 1. The third-order valence-electron chi connectivity index (χ3n) is 3.06. The Morgan fingerprint density at radius 1 is 1.35 bits per heavy atom. The second-order valence-electron chi connectivity index (χ2n) is 4.64. The summed E-state index contributed by atoms with van der Waals surface area (Å²) in [6.07, 6.45) is 7.49. The fraction of sp³-hybridized carbons (Fsp3) is 0.400. The lowest BCUT2D eigenvalue weighted by Gasteiger charge is -2.20. The molecule has 1 aromatic carbocycles. The number of benzene rings is 1. The largest absolute Gasteiger partial charge is 0.372 e. The van der Waals surface area contributed by atoms with Gasteiger partial charge in [0.1, 0.15) is 6.10 Å². The summed E-state index contributed by atoms with van der Waals surface area (Å²) in [4.78, 5) is 4.06. The molecule has 0 saturated heterocycles. The van der Waals surface area contributed by atoms with Crippen molar-refractivity contribution in [3.8, 4) is 0 Å². The van der Waals surface area contributed by atoms with E-state index in [0.717, 1.165) is 25.0 Å². The molecule has 0 aliphatic carbocycles. The zero-order chi connectivity index (χ0) is 14.4. The van der Waals surface area contributed by atoms with Crippen LogP contribution < -0.4 is 0 Å². The quantitative estimate of drug-likeness (QED) is 0.690. The van der Waals surface area contributed by atoms with Gasteiger partial charge in [-0.3, -0.25) is 0 Å². The lowest BCUT2D eigenvalue weighted by molar-refractivity contribution is 0.0387. The zero-order valence-corrected chi connectivity index (χ0v) is 12.9. The van der Waals surface area contributed by atoms with E-state index in [4.69, 9.17) is 27.9 Å². The van der Waals surface area contributed by atoms with Crippen LogP contribution in [0.5, 0.6) is 0 Å². The summed E-state index contributed by atoms with van der Waals surface area (Å²) >= 11 is 12.2. The number of halogens is 2. The highest BCUT2D eigenvalue weighted by molar-refractivity contribution is 6.35. The van der Waals surface area contributed by atoms with Crippen LogP contribution in [0.4, 0.5) is 0 Å². The van der Waals surface area contributed by atoms with Gasteiger partial charge in [0.15, 0.2) is 0 Å². The molecule has 1 unspecified atom stereocenters. The van der Waals surface area contributed by atoms with Crippen LogP contribution >= 0.6 is 23.2 Å². The van der Waals surface area contributed by atoms with Gasteiger partial charge in [0, 0.05) is 34.6 Å². The van der Waals surface area contributed by atoms with Crippen LogP contribution in [0, 0.1) is 0 Å². The van der Waals surface area contributed by atoms with Crippen molar-refractivity contribution in [3.63, 3.8) is 0 Å². The van der Waals surface area contributed by atoms with Crippen molar-refractivity contribution in [2.45, 2.75) is 32.4 Å². The van der Waals surface area contributed by atoms with Gasteiger partial charge in [-0.15, -0.1) is 0 Å². The second-order valence-corrected chi connectivity index (χ2v) is 5.48. The molecule has 0 radical (unpaired) electrons. The Bertz CT molecular complexity index is 529. The summed E-state index contributed by atoms with van der Waals surface area (Å²) in [5.41, 5.74) is 0.959. The highest BCUT2D eigenvalue weighted by Crippen LogP contribution is 2.29. The van der Waals surface area contributed by atoms with Crippen molar-refractivity contribution in [3.05, 3.63) is 52.5 Å². The third-order valence-corrected chi connectivity index (χ3v) is 3.62. The lowest BCUT2D eigenvalue weighted by Crippen LogP contribution is -2.13. The standard InChI is InChI=1S/C15H18Cl2N2O/c1-2-3-8-20-15(10-19-7-6-18-11-19)13-5-4-12(16)9-14(13)17/h4-7,9,11,15H,2-3,8,10H2,1H3. The Morgan fingerprint density at radius 2 is 2.20 bits per heavy atom. The lowest BCUT2D eigenvalue weighted by atomic mass is 10.1. The minimum Gasteiger partial charge on any atom is -0.372 e. The molecule has 0 N–H and O–H groups in total. The molecule has 1 atom stereocenters. The fourth-order valence-corrected chi connectivity index (χ4v) is 2.49. The van der Waals surface area contributed by atoms with Crippen molar-refractivity contribution >= 4 is 23.2 Å². The average molecular weight is 313 g/mol. The second kappa shape index (κ2) is 7.67. The normalized spacial score (nSPS) is 12.6. The number of hydrogen-bond acceptors (Lipinski definition) is 2. The molecule has 0 aliphatic rings. The molecule has 0 spiro atoms. The number of ether oxygens (including phenoxy) is 1. The van der Waals surface area contributed by atoms with E-state index in [1.54, 1.807) is 18.6 Å². The van der Waals surface area contributed by atoms with E-state index in [2.05, 4.69) is 11.9 Å². The van der Waals surface area contributed by atoms with Gasteiger partial charge in [-0.05, 0) is 18.6 Å². The molecule has 0 bridgehead atoms. The van der Waals surface area contributed by atoms with Gasteiger partial charge in [0.2, 0.25) is 0 Å². The topological polar surface area (TPSA) is 27.1 Å². The van der Waals surface area contributed by atoms with Crippen LogP contribution in [0.2, 0.25) is 10.0 Å². The van der Waals surface area contributed by atoms with Crippen LogP contribution in [0.3, 0.4) is 0 Å². The molecule has 108 valence electrons. The summed E-state index contributed by atoms with van der Waals surface area (Å²) in [7, 11) is 0. The summed E-state index contributed by atoms with van der Waals surface area (Å²) in [5.74, 6) is 0. The SMILES string of the molecule is CCCCOC(Cn1ccnc1)c1ccc(Cl)cc1Cl. The first-order valence-electron chi connectivity index (χ1n) is 6.73. The summed E-state index contributed by atoms with van der Waals surface area (Å²) in [6, 6.07) is 5.52. The molecule has 0 fully saturated rings. The third kappa shape index (κ3) is 4.23. The number of rotatable bonds is 7. The van der Waals surface area contributed by atoms with Crippen LogP contribution in [0.15, 0.2) is 36.9 Å². The first kappa shape index (κ1) is 15.4. The van der Waals surface area contributed by atoms with Crippen LogP contribution in [0.1, 0.15) is 31.4 Å². The molecule has 1 aromatic heterocycles. The molecule has 5 heteroatoms. The highest BCUT2D eigenvalue weighted by Gasteiger charge is 2.16.